The van der Waals surface area contributed by atoms with Crippen LogP contribution in [0, 0.1) is 0 Å². The quantitative estimate of drug-likeness (QED) is 0.764. The van der Waals surface area contributed by atoms with E-state index >= 15 is 0 Å². The fraction of sp³-hybridized carbons (Fsp3) is 0.714. The standard InChI is InChI=1S/C14H24NO2/c1-12-8-9-14(16)11-15(12,17-2)10-13-6-4-3-5-7-13/h3-4,6,12,14,16H,5,7-11H2,1-2H3/q+1. The van der Waals surface area contributed by atoms with Crippen molar-refractivity contribution in [2.45, 2.75) is 44.8 Å². The number of nitrogens with zero attached hydrogens (tertiary/aromatic N) is 1. The largest absolute Gasteiger partial charge is 0.387 e. The summed E-state index contributed by atoms with van der Waals surface area (Å²) in [5.41, 5.74) is 1.44. The normalized spacial score (nSPS) is 37.9. The van der Waals surface area contributed by atoms with Crippen molar-refractivity contribution in [1.82, 2.24) is 0 Å². The second kappa shape index (κ2) is 5.34. The van der Waals surface area contributed by atoms with Gasteiger partial charge >= 0.3 is 0 Å². The van der Waals surface area contributed by atoms with Gasteiger partial charge in [-0.3, -0.25) is 0 Å². The fourth-order valence-corrected chi connectivity index (χ4v) is 2.96. The van der Waals surface area contributed by atoms with Crippen LogP contribution in [0.5, 0.6) is 0 Å². The van der Waals surface area contributed by atoms with Crippen molar-refractivity contribution < 1.29 is 14.6 Å². The van der Waals surface area contributed by atoms with Crippen molar-refractivity contribution in [3.8, 4) is 0 Å². The molecule has 0 amide bonds. The van der Waals surface area contributed by atoms with Crippen LogP contribution in [0.1, 0.15) is 32.6 Å². The lowest BCUT2D eigenvalue weighted by molar-refractivity contribution is -1.12. The Kier molecular flexibility index (Phi) is 4.02. The fourth-order valence-electron chi connectivity index (χ4n) is 2.96. The smallest absolute Gasteiger partial charge is 0.135 e. The van der Waals surface area contributed by atoms with E-state index in [-0.39, 0.29) is 6.10 Å². The Labute approximate surface area is 104 Å². The van der Waals surface area contributed by atoms with E-state index in [1.54, 1.807) is 7.11 Å². The minimum absolute atomic E-state index is 0.217. The van der Waals surface area contributed by atoms with Crippen molar-refractivity contribution in [2.75, 3.05) is 20.2 Å². The summed E-state index contributed by atoms with van der Waals surface area (Å²) >= 11 is 0. The van der Waals surface area contributed by atoms with Gasteiger partial charge in [-0.25, -0.2) is 4.84 Å². The molecule has 2 rings (SSSR count). The van der Waals surface area contributed by atoms with Crippen LogP contribution in [0.15, 0.2) is 23.8 Å². The lowest BCUT2D eigenvalue weighted by Crippen LogP contribution is -2.60. The minimum atomic E-state index is -0.217. The van der Waals surface area contributed by atoms with E-state index in [1.807, 2.05) is 0 Å². The third-order valence-electron chi connectivity index (χ3n) is 4.18. The highest BCUT2D eigenvalue weighted by atomic mass is 16.7. The first-order chi connectivity index (χ1) is 8.16. The summed E-state index contributed by atoms with van der Waals surface area (Å²) in [6, 6.07) is 0.468. The van der Waals surface area contributed by atoms with E-state index in [9.17, 15) is 5.11 Å². The number of aliphatic hydroxyl groups is 1. The molecule has 0 spiro atoms. The Hall–Kier alpha value is -0.640. The summed E-state index contributed by atoms with van der Waals surface area (Å²) in [7, 11) is 1.77. The predicted octanol–water partition coefficient (Wildman–Crippen LogP) is 2.18. The van der Waals surface area contributed by atoms with Crippen molar-refractivity contribution in [2.24, 2.45) is 0 Å². The molecule has 1 heterocycles. The molecule has 0 radical (unpaired) electrons. The number of hydrogen-bond donors (Lipinski definition) is 1. The molecule has 0 saturated carbocycles. The van der Waals surface area contributed by atoms with E-state index in [0.717, 1.165) is 38.8 Å². The molecule has 0 aromatic carbocycles. The average Bonchev–Trinajstić information content (AvgIpc) is 2.35. The second-order valence-electron chi connectivity index (χ2n) is 5.35. The van der Waals surface area contributed by atoms with Crippen molar-refractivity contribution >= 4 is 0 Å². The van der Waals surface area contributed by atoms with Crippen LogP contribution in [0.3, 0.4) is 0 Å². The van der Waals surface area contributed by atoms with E-state index in [0.29, 0.717) is 10.7 Å². The van der Waals surface area contributed by atoms with Crippen molar-refractivity contribution in [3.63, 3.8) is 0 Å². The first-order valence-electron chi connectivity index (χ1n) is 6.61. The van der Waals surface area contributed by atoms with Gasteiger partial charge in [-0.15, -0.1) is 0 Å². The van der Waals surface area contributed by atoms with Crippen LogP contribution in [0.4, 0.5) is 0 Å². The van der Waals surface area contributed by atoms with Gasteiger partial charge in [-0.1, -0.05) is 18.2 Å². The average molecular weight is 238 g/mol. The lowest BCUT2D eigenvalue weighted by atomic mass is 9.97. The molecule has 1 aliphatic carbocycles. The number of hydroxylamine groups is 3. The number of hydrogen-bond acceptors (Lipinski definition) is 2. The number of allylic oxidation sites excluding steroid dienone is 3. The molecule has 17 heavy (non-hydrogen) atoms. The van der Waals surface area contributed by atoms with Gasteiger partial charge in [0.25, 0.3) is 0 Å². The maximum absolute atomic E-state index is 9.89. The van der Waals surface area contributed by atoms with Crippen molar-refractivity contribution in [1.29, 1.82) is 0 Å². The monoisotopic (exact) mass is 238 g/mol. The van der Waals surface area contributed by atoms with Gasteiger partial charge in [0.2, 0.25) is 0 Å². The third kappa shape index (κ3) is 2.79. The minimum Gasteiger partial charge on any atom is -0.387 e. The van der Waals surface area contributed by atoms with E-state index in [1.165, 1.54) is 5.57 Å². The molecule has 96 valence electrons. The number of quaternary nitrogens is 1. The molecule has 1 N–H and O–H groups in total. The highest BCUT2D eigenvalue weighted by Crippen LogP contribution is 2.29. The van der Waals surface area contributed by atoms with Crippen LogP contribution in [0.25, 0.3) is 0 Å². The summed E-state index contributed by atoms with van der Waals surface area (Å²) in [5, 5.41) is 9.89. The van der Waals surface area contributed by atoms with Gasteiger partial charge in [0.1, 0.15) is 25.2 Å². The molecule has 1 fully saturated rings. The van der Waals surface area contributed by atoms with Crippen molar-refractivity contribution in [3.05, 3.63) is 23.8 Å². The molecule has 0 bridgehead atoms. The Morgan fingerprint density at radius 1 is 1.47 bits per heavy atom. The Morgan fingerprint density at radius 3 is 2.94 bits per heavy atom. The van der Waals surface area contributed by atoms with Crippen LogP contribution in [-0.2, 0) is 4.84 Å². The molecule has 3 atom stereocenters. The molecular weight excluding hydrogens is 214 g/mol. The van der Waals surface area contributed by atoms with E-state index in [4.69, 9.17) is 4.84 Å². The first-order valence-corrected chi connectivity index (χ1v) is 6.61. The molecule has 3 heteroatoms. The zero-order chi connectivity index (χ0) is 12.3. The van der Waals surface area contributed by atoms with Gasteiger partial charge < -0.3 is 5.11 Å². The maximum Gasteiger partial charge on any atom is 0.135 e. The number of likely N-dealkylation sites (tertiary alicyclic amines) is 1. The summed E-state index contributed by atoms with van der Waals surface area (Å²) < 4.78 is 0.584. The summed E-state index contributed by atoms with van der Waals surface area (Å²) in [6.45, 7) is 3.87. The molecule has 3 unspecified atom stereocenters. The van der Waals surface area contributed by atoms with Crippen LogP contribution in [-0.4, -0.2) is 42.1 Å². The first kappa shape index (κ1) is 12.8. The maximum atomic E-state index is 9.89. The van der Waals surface area contributed by atoms with Gasteiger partial charge in [0.05, 0.1) is 7.11 Å². The molecule has 3 nitrogen and oxygen atoms in total. The van der Waals surface area contributed by atoms with Gasteiger partial charge in [-0.05, 0) is 31.8 Å². The predicted molar refractivity (Wildman–Crippen MR) is 68.2 cm³/mol. The lowest BCUT2D eigenvalue weighted by Gasteiger charge is -2.44. The number of rotatable bonds is 3. The summed E-state index contributed by atoms with van der Waals surface area (Å²) in [5.74, 6) is 0. The molecule has 1 aliphatic heterocycles. The Bertz CT molecular complexity index is 324. The molecule has 0 aromatic rings. The zero-order valence-electron chi connectivity index (χ0n) is 10.9. The van der Waals surface area contributed by atoms with Gasteiger partial charge in [0, 0.05) is 6.42 Å². The van der Waals surface area contributed by atoms with E-state index in [2.05, 4.69) is 25.2 Å². The van der Waals surface area contributed by atoms with Crippen LogP contribution >= 0.6 is 0 Å². The molecular formula is C14H24NO2+. The highest BCUT2D eigenvalue weighted by Gasteiger charge is 2.42. The molecule has 2 aliphatic rings. The van der Waals surface area contributed by atoms with Gasteiger partial charge in [-0.2, -0.15) is 4.65 Å². The summed E-state index contributed by atoms with van der Waals surface area (Å²) in [6.07, 6.45) is 10.5. The topological polar surface area (TPSA) is 29.5 Å². The Morgan fingerprint density at radius 2 is 2.29 bits per heavy atom. The highest BCUT2D eigenvalue weighted by molar-refractivity contribution is 5.17. The Balaban J connectivity index is 2.11. The van der Waals surface area contributed by atoms with Gasteiger partial charge in [0.15, 0.2) is 0 Å². The number of aliphatic hydroxyl groups excluding tert-OH is 1. The van der Waals surface area contributed by atoms with Crippen LogP contribution in [0.2, 0.25) is 0 Å². The van der Waals surface area contributed by atoms with Crippen LogP contribution < -0.4 is 0 Å². The SMILES string of the molecule is CO[N+]1(CC2=CC=CCC2)CC(O)CCC1C. The zero-order valence-corrected chi connectivity index (χ0v) is 10.9. The summed E-state index contributed by atoms with van der Waals surface area (Å²) in [4.78, 5) is 5.78. The third-order valence-corrected chi connectivity index (χ3v) is 4.18. The van der Waals surface area contributed by atoms with E-state index < -0.39 is 0 Å². The molecule has 1 saturated heterocycles. The second-order valence-corrected chi connectivity index (χ2v) is 5.35. The number of piperidine rings is 1. The molecule has 0 aromatic heterocycles.